The zero-order valence-electron chi connectivity index (χ0n) is 19.0. The van der Waals surface area contributed by atoms with E-state index in [1.165, 1.54) is 11.1 Å². The Morgan fingerprint density at radius 3 is 2.18 bits per heavy atom. The minimum Gasteiger partial charge on any atom is -0.487 e. The van der Waals surface area contributed by atoms with Gasteiger partial charge in [-0.3, -0.25) is 4.79 Å². The third-order valence-electron chi connectivity index (χ3n) is 6.17. The van der Waals surface area contributed by atoms with Crippen LogP contribution in [0, 0.1) is 12.8 Å². The molecule has 3 aromatic rings. The maximum atomic E-state index is 11.1. The molecule has 2 atom stereocenters. The van der Waals surface area contributed by atoms with Gasteiger partial charge in [0.1, 0.15) is 25.2 Å². The summed E-state index contributed by atoms with van der Waals surface area (Å²) in [4.78, 5) is 16.1. The Morgan fingerprint density at radius 1 is 0.970 bits per heavy atom. The second kappa shape index (κ2) is 10.3. The summed E-state index contributed by atoms with van der Waals surface area (Å²) in [6.45, 7) is 2.37. The van der Waals surface area contributed by atoms with Crippen LogP contribution in [0.25, 0.3) is 0 Å². The molecule has 0 spiro atoms. The maximum absolute atomic E-state index is 11.1. The summed E-state index contributed by atoms with van der Waals surface area (Å²) in [6, 6.07) is 24.6. The highest BCUT2D eigenvalue weighted by atomic mass is 16.6. The van der Waals surface area contributed by atoms with E-state index in [-0.39, 0.29) is 11.8 Å². The van der Waals surface area contributed by atoms with Gasteiger partial charge in [-0.15, -0.1) is 0 Å². The summed E-state index contributed by atoms with van der Waals surface area (Å²) in [5.41, 5.74) is 6.52. The maximum Gasteiger partial charge on any atom is 0.307 e. The lowest BCUT2D eigenvalue weighted by molar-refractivity contribution is -0.138. The number of aliphatic carboxylic acids is 1. The number of rotatable bonds is 10. The topological polar surface area (TPSA) is 68.1 Å². The first-order valence-electron chi connectivity index (χ1n) is 11.2. The largest absolute Gasteiger partial charge is 0.487 e. The summed E-state index contributed by atoms with van der Waals surface area (Å²) in [5, 5.41) is 13.2. The van der Waals surface area contributed by atoms with Crippen LogP contribution in [0.5, 0.6) is 5.75 Å². The number of oxime groups is 1. The molecule has 4 rings (SSSR count). The van der Waals surface area contributed by atoms with Crippen LogP contribution in [-0.4, -0.2) is 30.5 Å². The molecule has 3 aromatic carbocycles. The molecule has 0 radical (unpaired) electrons. The van der Waals surface area contributed by atoms with Crippen LogP contribution < -0.4 is 4.74 Å². The smallest absolute Gasteiger partial charge is 0.307 e. The molecular formula is C28H29NO4. The molecule has 0 aromatic heterocycles. The molecule has 1 fully saturated rings. The zero-order valence-corrected chi connectivity index (χ0v) is 19.0. The van der Waals surface area contributed by atoms with E-state index >= 15 is 0 Å². The first-order valence-corrected chi connectivity index (χ1v) is 11.2. The van der Waals surface area contributed by atoms with Crippen molar-refractivity contribution in [2.75, 3.05) is 13.7 Å². The number of carboxylic acid groups (broad SMARTS) is 1. The number of aryl methyl sites for hydroxylation is 3. The van der Waals surface area contributed by atoms with E-state index in [0.29, 0.717) is 6.61 Å². The second-order valence-corrected chi connectivity index (χ2v) is 8.50. The molecule has 1 aliphatic rings. The van der Waals surface area contributed by atoms with E-state index in [9.17, 15) is 4.79 Å². The normalized spacial score (nSPS) is 17.5. The van der Waals surface area contributed by atoms with Gasteiger partial charge in [-0.2, -0.15) is 0 Å². The van der Waals surface area contributed by atoms with Crippen LogP contribution in [0.15, 0.2) is 78.0 Å². The monoisotopic (exact) mass is 443 g/mol. The van der Waals surface area contributed by atoms with Crippen LogP contribution in [-0.2, 0) is 22.5 Å². The van der Waals surface area contributed by atoms with Crippen molar-refractivity contribution < 1.29 is 19.5 Å². The zero-order chi connectivity index (χ0) is 23.2. The minimum absolute atomic E-state index is 0.185. The van der Waals surface area contributed by atoms with Crippen LogP contribution in [0.1, 0.15) is 40.2 Å². The number of carboxylic acids is 1. The van der Waals surface area contributed by atoms with Gasteiger partial charge in [0.15, 0.2) is 0 Å². The van der Waals surface area contributed by atoms with Gasteiger partial charge in [0.2, 0.25) is 0 Å². The number of nitrogens with zero attached hydrogens (tertiary/aromatic N) is 1. The first-order chi connectivity index (χ1) is 16.0. The molecule has 170 valence electrons. The molecule has 1 N–H and O–H groups in total. The van der Waals surface area contributed by atoms with Gasteiger partial charge < -0.3 is 14.7 Å². The van der Waals surface area contributed by atoms with Crippen molar-refractivity contribution in [3.63, 3.8) is 0 Å². The van der Waals surface area contributed by atoms with Crippen molar-refractivity contribution >= 4 is 11.7 Å². The average Bonchev–Trinajstić information content (AvgIpc) is 3.63. The Balaban J connectivity index is 1.29. The van der Waals surface area contributed by atoms with Gasteiger partial charge in [0.05, 0.1) is 5.92 Å². The summed E-state index contributed by atoms with van der Waals surface area (Å²) in [6.07, 6.45) is 2.62. The molecule has 0 bridgehead atoms. The van der Waals surface area contributed by atoms with Crippen molar-refractivity contribution in [1.29, 1.82) is 0 Å². The predicted molar refractivity (Wildman–Crippen MR) is 129 cm³/mol. The SMILES string of the molecule is CO/N=C(\COc1ccc(CCc2ccc([C@@H]3C[C@H]3C(=O)O)cc2)cc1)c1ccccc1C. The van der Waals surface area contributed by atoms with Gasteiger partial charge in [-0.05, 0) is 66.5 Å². The Labute approximate surface area is 194 Å². The van der Waals surface area contributed by atoms with E-state index in [0.717, 1.165) is 47.4 Å². The highest BCUT2D eigenvalue weighted by Crippen LogP contribution is 2.47. The van der Waals surface area contributed by atoms with Crippen LogP contribution in [0.4, 0.5) is 0 Å². The molecule has 1 aliphatic carbocycles. The third kappa shape index (κ3) is 5.80. The fourth-order valence-corrected chi connectivity index (χ4v) is 4.12. The Hall–Kier alpha value is -3.60. The summed E-state index contributed by atoms with van der Waals surface area (Å²) in [5.74, 6) is 0.0845. The van der Waals surface area contributed by atoms with E-state index in [2.05, 4.69) is 41.6 Å². The number of benzene rings is 3. The molecule has 5 heteroatoms. The fraction of sp³-hybridized carbons (Fsp3) is 0.286. The minimum atomic E-state index is -0.686. The highest BCUT2D eigenvalue weighted by molar-refractivity contribution is 6.02. The Kier molecular flexibility index (Phi) is 7.08. The molecule has 1 saturated carbocycles. The standard InChI is InChI=1S/C28H29NO4/c1-19-5-3-4-6-24(19)27(29-32-2)18-33-23-15-11-21(12-16-23)8-7-20-9-13-22(14-10-20)25-17-26(25)28(30)31/h3-6,9-16,25-26H,7-8,17-18H2,1-2H3,(H,30,31)/b29-27+/t25-,26+/m0/s1. The predicted octanol–water partition coefficient (Wildman–Crippen LogP) is 5.40. The van der Waals surface area contributed by atoms with Crippen LogP contribution >= 0.6 is 0 Å². The van der Waals surface area contributed by atoms with Crippen LogP contribution in [0.2, 0.25) is 0 Å². The fourth-order valence-electron chi connectivity index (χ4n) is 4.12. The number of carbonyl (C=O) groups is 1. The quantitative estimate of drug-likeness (QED) is 0.337. The lowest BCUT2D eigenvalue weighted by Crippen LogP contribution is -2.14. The lowest BCUT2D eigenvalue weighted by Gasteiger charge is -2.11. The molecule has 33 heavy (non-hydrogen) atoms. The second-order valence-electron chi connectivity index (χ2n) is 8.50. The Bertz CT molecular complexity index is 1120. The lowest BCUT2D eigenvalue weighted by atomic mass is 10.0. The van der Waals surface area contributed by atoms with Crippen molar-refractivity contribution in [2.45, 2.75) is 32.1 Å². The summed E-state index contributed by atoms with van der Waals surface area (Å²) in [7, 11) is 1.54. The van der Waals surface area contributed by atoms with Gasteiger partial charge >= 0.3 is 5.97 Å². The Morgan fingerprint density at radius 2 is 1.61 bits per heavy atom. The highest BCUT2D eigenvalue weighted by Gasteiger charge is 2.43. The molecule has 0 heterocycles. The van der Waals surface area contributed by atoms with Crippen molar-refractivity contribution in [3.8, 4) is 5.75 Å². The average molecular weight is 444 g/mol. The van der Waals surface area contributed by atoms with Crippen molar-refractivity contribution in [1.82, 2.24) is 0 Å². The molecule has 5 nitrogen and oxygen atoms in total. The molecule has 0 unspecified atom stereocenters. The molecule has 0 aliphatic heterocycles. The first kappa shape index (κ1) is 22.6. The van der Waals surface area contributed by atoms with Gasteiger partial charge in [-0.25, -0.2) is 0 Å². The van der Waals surface area contributed by atoms with Gasteiger partial charge in [0, 0.05) is 5.56 Å². The van der Waals surface area contributed by atoms with E-state index < -0.39 is 5.97 Å². The van der Waals surface area contributed by atoms with Gasteiger partial charge in [-0.1, -0.05) is 65.8 Å². The van der Waals surface area contributed by atoms with Gasteiger partial charge in [0.25, 0.3) is 0 Å². The molecule has 0 amide bonds. The van der Waals surface area contributed by atoms with E-state index in [1.54, 1.807) is 7.11 Å². The number of ether oxygens (including phenoxy) is 1. The van der Waals surface area contributed by atoms with Crippen LogP contribution in [0.3, 0.4) is 0 Å². The van der Waals surface area contributed by atoms with E-state index in [1.807, 2.05) is 43.3 Å². The molecule has 0 saturated heterocycles. The number of hydrogen-bond donors (Lipinski definition) is 1. The summed E-state index contributed by atoms with van der Waals surface area (Å²) >= 11 is 0. The third-order valence-corrected chi connectivity index (χ3v) is 6.17. The van der Waals surface area contributed by atoms with E-state index in [4.69, 9.17) is 14.7 Å². The molecular weight excluding hydrogens is 414 g/mol. The van der Waals surface area contributed by atoms with Crippen molar-refractivity contribution in [3.05, 3.63) is 101 Å². The van der Waals surface area contributed by atoms with Crippen molar-refractivity contribution in [2.24, 2.45) is 11.1 Å². The number of hydrogen-bond acceptors (Lipinski definition) is 4. The summed E-state index contributed by atoms with van der Waals surface area (Å²) < 4.78 is 5.96.